The first-order valence-electron chi connectivity index (χ1n) is 8.32. The van der Waals surface area contributed by atoms with Gasteiger partial charge in [-0.15, -0.1) is 0 Å². The summed E-state index contributed by atoms with van der Waals surface area (Å²) in [5, 5.41) is 10.6. The largest absolute Gasteiger partial charge is 0.424 e. The van der Waals surface area contributed by atoms with Crippen molar-refractivity contribution in [1.82, 2.24) is 0 Å². The van der Waals surface area contributed by atoms with Crippen molar-refractivity contribution >= 4 is 40.3 Å². The van der Waals surface area contributed by atoms with E-state index in [9.17, 15) is 19.5 Å². The maximum Gasteiger partial charge on any atom is 0.344 e. The van der Waals surface area contributed by atoms with E-state index in [-0.39, 0.29) is 27.9 Å². The number of carbonyl (C=O) groups is 3. The van der Waals surface area contributed by atoms with Crippen LogP contribution in [0.1, 0.15) is 24.0 Å². The third-order valence-electron chi connectivity index (χ3n) is 4.34. The number of ether oxygens (including phenoxy) is 3. The smallest absolute Gasteiger partial charge is 0.344 e. The molecule has 2 aliphatic heterocycles. The van der Waals surface area contributed by atoms with E-state index in [1.165, 1.54) is 12.1 Å². The summed E-state index contributed by atoms with van der Waals surface area (Å²) in [6.07, 6.45) is -1.57. The molecule has 2 bridgehead atoms. The quantitative estimate of drug-likeness (QED) is 0.580. The minimum atomic E-state index is -2.43. The zero-order valence-electron chi connectivity index (χ0n) is 14.3. The Morgan fingerprint density at radius 3 is 2.25 bits per heavy atom. The summed E-state index contributed by atoms with van der Waals surface area (Å²) in [4.78, 5) is 37.1. The Labute approximate surface area is 164 Å². The molecule has 0 radical (unpaired) electrons. The summed E-state index contributed by atoms with van der Waals surface area (Å²) >= 11 is 6.53. The highest BCUT2D eigenvalue weighted by Gasteiger charge is 2.46. The number of esters is 3. The Morgan fingerprint density at radius 1 is 0.857 bits per heavy atom. The van der Waals surface area contributed by atoms with Gasteiger partial charge in [-0.05, 0) is 12.1 Å². The topological polar surface area (TPSA) is 99.1 Å². The lowest BCUT2D eigenvalue weighted by molar-refractivity contribution is -0.169. The van der Waals surface area contributed by atoms with Crippen LogP contribution in [0.2, 0.25) is 0 Å². The van der Waals surface area contributed by atoms with Crippen molar-refractivity contribution in [1.29, 1.82) is 0 Å². The lowest BCUT2D eigenvalue weighted by Gasteiger charge is -2.29. The van der Waals surface area contributed by atoms with Gasteiger partial charge in [0.25, 0.3) is 0 Å². The van der Waals surface area contributed by atoms with Crippen LogP contribution in [0, 0.1) is 0 Å². The van der Waals surface area contributed by atoms with Gasteiger partial charge >= 0.3 is 17.9 Å². The summed E-state index contributed by atoms with van der Waals surface area (Å²) in [5.41, 5.74) is -1.76. The first-order valence-corrected chi connectivity index (χ1v) is 8.70. The predicted molar refractivity (Wildman–Crippen MR) is 97.1 cm³/mol. The van der Waals surface area contributed by atoms with Crippen LogP contribution >= 0.6 is 11.6 Å². The molecule has 142 valence electrons. The lowest BCUT2D eigenvalue weighted by atomic mass is 9.94. The Morgan fingerprint density at radius 2 is 1.54 bits per heavy atom. The monoisotopic (exact) mass is 400 g/mol. The van der Waals surface area contributed by atoms with E-state index in [0.29, 0.717) is 5.56 Å². The fraction of sp³-hybridized carbons (Fsp3) is 0.150. The molecule has 2 aromatic carbocycles. The first kappa shape index (κ1) is 18.2. The summed E-state index contributed by atoms with van der Waals surface area (Å²) in [6, 6.07) is 13.1. The van der Waals surface area contributed by atoms with Gasteiger partial charge in [0.05, 0.1) is 17.9 Å². The van der Waals surface area contributed by atoms with Gasteiger partial charge in [0, 0.05) is 11.1 Å². The van der Waals surface area contributed by atoms with Crippen LogP contribution in [0.25, 0.3) is 10.8 Å². The second-order valence-corrected chi connectivity index (χ2v) is 6.74. The van der Waals surface area contributed by atoms with Crippen LogP contribution in [-0.2, 0) is 19.1 Å². The van der Waals surface area contributed by atoms with Crippen LogP contribution < -0.4 is 9.47 Å². The van der Waals surface area contributed by atoms with E-state index < -0.39 is 36.4 Å². The second-order valence-electron chi connectivity index (χ2n) is 6.36. The minimum absolute atomic E-state index is 0.0220. The van der Waals surface area contributed by atoms with Gasteiger partial charge in [-0.25, -0.2) is 4.79 Å². The number of rotatable bonds is 1. The Balaban J connectivity index is 2.01. The van der Waals surface area contributed by atoms with Gasteiger partial charge in [-0.1, -0.05) is 48.0 Å². The van der Waals surface area contributed by atoms with Gasteiger partial charge < -0.3 is 19.3 Å². The number of hydrogen-bond acceptors (Lipinski definition) is 7. The molecule has 1 atom stereocenters. The molecule has 0 aliphatic carbocycles. The number of cyclic esters (lactones) is 1. The molecule has 0 amide bonds. The number of benzene rings is 2. The average molecular weight is 401 g/mol. The molecule has 0 fully saturated rings. The van der Waals surface area contributed by atoms with E-state index >= 15 is 0 Å². The molecule has 2 aliphatic rings. The molecule has 1 unspecified atom stereocenters. The van der Waals surface area contributed by atoms with E-state index in [1.54, 1.807) is 36.4 Å². The minimum Gasteiger partial charge on any atom is -0.424 e. The second kappa shape index (κ2) is 6.78. The molecule has 0 spiro atoms. The van der Waals surface area contributed by atoms with Gasteiger partial charge in [-0.2, -0.15) is 0 Å². The lowest BCUT2D eigenvalue weighted by Crippen LogP contribution is -2.47. The highest BCUT2D eigenvalue weighted by molar-refractivity contribution is 6.52. The van der Waals surface area contributed by atoms with Crippen molar-refractivity contribution in [3.8, 4) is 11.5 Å². The maximum absolute atomic E-state index is 12.5. The number of carbonyl (C=O) groups excluding carboxylic acids is 3. The average Bonchev–Trinajstić information content (AvgIpc) is 2.66. The van der Waals surface area contributed by atoms with Crippen LogP contribution in [0.15, 0.2) is 48.5 Å². The highest BCUT2D eigenvalue weighted by atomic mass is 35.5. The van der Waals surface area contributed by atoms with Gasteiger partial charge in [0.2, 0.25) is 0 Å². The van der Waals surface area contributed by atoms with E-state index in [2.05, 4.69) is 0 Å². The number of halogens is 1. The predicted octanol–water partition coefficient (Wildman–Crippen LogP) is 2.64. The molecule has 8 heteroatoms. The number of para-hydroxylation sites is 1. The summed E-state index contributed by atoms with van der Waals surface area (Å²) in [5.74, 6) is -3.16. The molecule has 2 heterocycles. The fourth-order valence-electron chi connectivity index (χ4n) is 3.00. The molecular formula is C20H13ClO7. The maximum atomic E-state index is 12.5. The zero-order chi connectivity index (χ0) is 19.9. The highest BCUT2D eigenvalue weighted by Crippen LogP contribution is 2.43. The molecule has 7 nitrogen and oxygen atoms in total. The molecule has 28 heavy (non-hydrogen) atoms. The number of aliphatic hydroxyl groups is 1. The SMILES string of the molecule is O=C1CC2(O)CC(=O)Oc3cccc(c3OC2=O)/C(Cl)=C(/c2ccccc2)O1. The van der Waals surface area contributed by atoms with Crippen molar-refractivity contribution in [3.63, 3.8) is 0 Å². The van der Waals surface area contributed by atoms with Gasteiger partial charge in [-0.3, -0.25) is 9.59 Å². The number of hydrogen-bond donors (Lipinski definition) is 1. The standard InChI is InChI=1S/C20H13ClO7/c21-16-12-7-4-8-13-18(12)28-19(24)20(25,9-14(22)26-13)10-15(23)27-17(16)11-5-2-1-3-6-11/h1-8,25H,9-10H2/b17-16+. The number of fused-ring (bicyclic) bond motifs is 2. The summed E-state index contributed by atoms with van der Waals surface area (Å²) in [6.45, 7) is 0. The van der Waals surface area contributed by atoms with Crippen LogP contribution in [0.5, 0.6) is 11.5 Å². The molecule has 1 N–H and O–H groups in total. The van der Waals surface area contributed by atoms with E-state index in [4.69, 9.17) is 25.8 Å². The normalized spacial score (nSPS) is 24.6. The van der Waals surface area contributed by atoms with Crippen molar-refractivity contribution in [2.45, 2.75) is 18.4 Å². The summed E-state index contributed by atoms with van der Waals surface area (Å²) in [7, 11) is 0. The van der Waals surface area contributed by atoms with Gasteiger partial charge in [0.1, 0.15) is 0 Å². The molecule has 0 aromatic heterocycles. The van der Waals surface area contributed by atoms with Crippen molar-refractivity contribution in [3.05, 3.63) is 59.7 Å². The summed E-state index contributed by atoms with van der Waals surface area (Å²) < 4.78 is 15.9. The van der Waals surface area contributed by atoms with Gasteiger partial charge in [0.15, 0.2) is 22.9 Å². The van der Waals surface area contributed by atoms with Crippen molar-refractivity contribution in [2.24, 2.45) is 0 Å². The molecule has 0 saturated carbocycles. The molecular weight excluding hydrogens is 388 g/mol. The third kappa shape index (κ3) is 3.15. The molecule has 4 rings (SSSR count). The van der Waals surface area contributed by atoms with Crippen LogP contribution in [0.3, 0.4) is 0 Å². The van der Waals surface area contributed by atoms with Crippen LogP contribution in [0.4, 0.5) is 0 Å². The van der Waals surface area contributed by atoms with E-state index in [1.807, 2.05) is 0 Å². The Kier molecular flexibility index (Phi) is 4.41. The van der Waals surface area contributed by atoms with Crippen LogP contribution in [-0.4, -0.2) is 28.6 Å². The Bertz CT molecular complexity index is 1030. The van der Waals surface area contributed by atoms with Crippen molar-refractivity contribution in [2.75, 3.05) is 0 Å². The third-order valence-corrected chi connectivity index (χ3v) is 4.71. The van der Waals surface area contributed by atoms with Crippen molar-refractivity contribution < 1.29 is 33.7 Å². The van der Waals surface area contributed by atoms with E-state index in [0.717, 1.165) is 0 Å². The molecule has 2 aromatic rings. The first-order chi connectivity index (χ1) is 13.4. The fourth-order valence-corrected chi connectivity index (χ4v) is 3.29. The zero-order valence-corrected chi connectivity index (χ0v) is 15.1. The molecule has 0 saturated heterocycles. The Hall–Kier alpha value is -3.16.